The molecule has 0 aromatic heterocycles. The van der Waals surface area contributed by atoms with Crippen molar-refractivity contribution in [2.24, 2.45) is 5.73 Å². The molecular formula is C7H19NO2SSi. The van der Waals surface area contributed by atoms with Crippen LogP contribution in [-0.2, 0) is 9.84 Å². The summed E-state index contributed by atoms with van der Waals surface area (Å²) in [6.07, 6.45) is 0. The molecule has 5 heteroatoms. The smallest absolute Gasteiger partial charge is 0.151 e. The normalized spacial score (nSPS) is 13.3. The zero-order chi connectivity index (χ0) is 9.83. The average Bonchev–Trinajstić information content (AvgIpc) is 1.83. The van der Waals surface area contributed by atoms with E-state index in [0.717, 1.165) is 6.04 Å². The Kier molecular flexibility index (Phi) is 4.43. The molecule has 0 aromatic carbocycles. The topological polar surface area (TPSA) is 60.2 Å². The van der Waals surface area contributed by atoms with Crippen molar-refractivity contribution in [1.82, 2.24) is 0 Å². The second kappa shape index (κ2) is 4.39. The van der Waals surface area contributed by atoms with Crippen LogP contribution in [0.5, 0.6) is 0 Å². The molecule has 0 radical (unpaired) electrons. The molecule has 0 atom stereocenters. The molecule has 12 heavy (non-hydrogen) atoms. The maximum atomic E-state index is 11.2. The summed E-state index contributed by atoms with van der Waals surface area (Å²) in [6.45, 7) is 6.76. The van der Waals surface area contributed by atoms with E-state index in [2.05, 4.69) is 19.6 Å². The van der Waals surface area contributed by atoms with Gasteiger partial charge in [-0.1, -0.05) is 19.6 Å². The molecule has 74 valence electrons. The Morgan fingerprint density at radius 2 is 1.67 bits per heavy atom. The second-order valence-electron chi connectivity index (χ2n) is 4.25. The molecule has 0 saturated carbocycles. The monoisotopic (exact) mass is 209 g/mol. The Hall–Kier alpha value is 0.127. The number of rotatable bonds is 5. The molecule has 0 fully saturated rings. The van der Waals surface area contributed by atoms with Crippen LogP contribution in [0.25, 0.3) is 0 Å². The van der Waals surface area contributed by atoms with Gasteiger partial charge >= 0.3 is 0 Å². The predicted molar refractivity (Wildman–Crippen MR) is 55.9 cm³/mol. The van der Waals surface area contributed by atoms with Crippen LogP contribution in [-0.4, -0.2) is 34.5 Å². The first-order valence-corrected chi connectivity index (χ1v) is 9.70. The lowest BCUT2D eigenvalue weighted by Crippen LogP contribution is -2.26. The van der Waals surface area contributed by atoms with E-state index in [0.29, 0.717) is 5.75 Å². The van der Waals surface area contributed by atoms with Crippen LogP contribution in [0.2, 0.25) is 25.7 Å². The van der Waals surface area contributed by atoms with Gasteiger partial charge in [-0.2, -0.15) is 0 Å². The summed E-state index contributed by atoms with van der Waals surface area (Å²) >= 11 is 0. The Morgan fingerprint density at radius 3 is 2.00 bits per heavy atom. The highest BCUT2D eigenvalue weighted by Gasteiger charge is 2.17. The third-order valence-electron chi connectivity index (χ3n) is 1.59. The van der Waals surface area contributed by atoms with Crippen LogP contribution in [0.15, 0.2) is 0 Å². The average molecular weight is 209 g/mol. The quantitative estimate of drug-likeness (QED) is 0.678. The van der Waals surface area contributed by atoms with E-state index in [4.69, 9.17) is 5.73 Å². The van der Waals surface area contributed by atoms with Crippen molar-refractivity contribution < 1.29 is 8.42 Å². The van der Waals surface area contributed by atoms with Gasteiger partial charge in [0, 0.05) is 20.4 Å². The molecule has 0 heterocycles. The summed E-state index contributed by atoms with van der Waals surface area (Å²) in [7, 11) is -4.07. The standard InChI is InChI=1S/C7H19NO2SSi/c1-12(2,3)7-6-11(9,10)5-4-8/h4-8H2,1-3H3. The van der Waals surface area contributed by atoms with Crippen LogP contribution in [0.1, 0.15) is 0 Å². The van der Waals surface area contributed by atoms with Gasteiger partial charge in [-0.05, 0) is 6.04 Å². The van der Waals surface area contributed by atoms with Gasteiger partial charge in [-0.3, -0.25) is 0 Å². The highest BCUT2D eigenvalue weighted by molar-refractivity contribution is 7.91. The van der Waals surface area contributed by atoms with Gasteiger partial charge in [0.15, 0.2) is 9.84 Å². The van der Waals surface area contributed by atoms with E-state index >= 15 is 0 Å². The van der Waals surface area contributed by atoms with E-state index in [9.17, 15) is 8.42 Å². The van der Waals surface area contributed by atoms with Crippen molar-refractivity contribution in [3.63, 3.8) is 0 Å². The lowest BCUT2D eigenvalue weighted by atomic mass is 10.8. The molecule has 0 aliphatic carbocycles. The van der Waals surface area contributed by atoms with Crippen LogP contribution in [0.3, 0.4) is 0 Å². The summed E-state index contributed by atoms with van der Waals surface area (Å²) < 4.78 is 22.4. The van der Waals surface area contributed by atoms with Gasteiger partial charge in [0.05, 0.1) is 5.75 Å². The maximum absolute atomic E-state index is 11.2. The molecule has 0 spiro atoms. The molecule has 0 aliphatic rings. The van der Waals surface area contributed by atoms with Gasteiger partial charge in [-0.15, -0.1) is 0 Å². The Balaban J connectivity index is 3.94. The second-order valence-corrected chi connectivity index (χ2v) is 12.2. The van der Waals surface area contributed by atoms with Crippen molar-refractivity contribution in [3.8, 4) is 0 Å². The van der Waals surface area contributed by atoms with Crippen molar-refractivity contribution in [2.45, 2.75) is 25.7 Å². The summed E-state index contributed by atoms with van der Waals surface area (Å²) in [5.74, 6) is 0.456. The first-order chi connectivity index (χ1) is 5.27. The number of hydrogen-bond acceptors (Lipinski definition) is 3. The fraction of sp³-hybridized carbons (Fsp3) is 1.00. The predicted octanol–water partition coefficient (Wildman–Crippen LogP) is 0.698. The van der Waals surface area contributed by atoms with Gasteiger partial charge < -0.3 is 5.73 Å². The molecule has 0 unspecified atom stereocenters. The number of sulfone groups is 1. The van der Waals surface area contributed by atoms with Crippen molar-refractivity contribution >= 4 is 17.9 Å². The molecule has 0 bridgehead atoms. The van der Waals surface area contributed by atoms with Crippen molar-refractivity contribution in [2.75, 3.05) is 18.1 Å². The van der Waals surface area contributed by atoms with E-state index in [1.807, 2.05) is 0 Å². The zero-order valence-electron chi connectivity index (χ0n) is 8.13. The molecule has 2 N–H and O–H groups in total. The fourth-order valence-electron chi connectivity index (χ4n) is 0.743. The Bertz CT molecular complexity index is 218. The third kappa shape index (κ3) is 6.81. The first-order valence-electron chi connectivity index (χ1n) is 4.17. The van der Waals surface area contributed by atoms with Crippen molar-refractivity contribution in [1.29, 1.82) is 0 Å². The van der Waals surface area contributed by atoms with Crippen LogP contribution >= 0.6 is 0 Å². The summed E-state index contributed by atoms with van der Waals surface area (Å²) in [6, 6.07) is 0.843. The van der Waals surface area contributed by atoms with E-state index in [1.54, 1.807) is 0 Å². The fourth-order valence-corrected chi connectivity index (χ4v) is 5.00. The summed E-state index contributed by atoms with van der Waals surface area (Å²) in [5, 5.41) is 0. The van der Waals surface area contributed by atoms with Gasteiger partial charge in [-0.25, -0.2) is 8.42 Å². The molecule has 0 amide bonds. The molecule has 0 saturated heterocycles. The van der Waals surface area contributed by atoms with Gasteiger partial charge in [0.25, 0.3) is 0 Å². The van der Waals surface area contributed by atoms with Crippen LogP contribution in [0, 0.1) is 0 Å². The van der Waals surface area contributed by atoms with E-state index in [1.165, 1.54) is 0 Å². The minimum absolute atomic E-state index is 0.136. The molecule has 0 aliphatic heterocycles. The largest absolute Gasteiger partial charge is 0.329 e. The Labute approximate surface area is 76.3 Å². The molecular weight excluding hydrogens is 190 g/mol. The van der Waals surface area contributed by atoms with Crippen LogP contribution in [0.4, 0.5) is 0 Å². The van der Waals surface area contributed by atoms with E-state index < -0.39 is 17.9 Å². The minimum Gasteiger partial charge on any atom is -0.329 e. The number of nitrogens with two attached hydrogens (primary N) is 1. The minimum atomic E-state index is -2.86. The van der Waals surface area contributed by atoms with Gasteiger partial charge in [0.2, 0.25) is 0 Å². The summed E-state index contributed by atoms with van der Waals surface area (Å²) in [4.78, 5) is 0. The van der Waals surface area contributed by atoms with Gasteiger partial charge in [0.1, 0.15) is 0 Å². The van der Waals surface area contributed by atoms with E-state index in [-0.39, 0.29) is 12.3 Å². The van der Waals surface area contributed by atoms with Crippen molar-refractivity contribution in [3.05, 3.63) is 0 Å². The lowest BCUT2D eigenvalue weighted by molar-refractivity contribution is 0.597. The SMILES string of the molecule is C[Si](C)(C)CCS(=O)(=O)CCN. The summed E-state index contributed by atoms with van der Waals surface area (Å²) in [5.41, 5.74) is 5.19. The molecule has 3 nitrogen and oxygen atoms in total. The van der Waals surface area contributed by atoms with Crippen LogP contribution < -0.4 is 5.73 Å². The maximum Gasteiger partial charge on any atom is 0.151 e. The highest BCUT2D eigenvalue weighted by atomic mass is 32.2. The zero-order valence-corrected chi connectivity index (χ0v) is 9.95. The Morgan fingerprint density at radius 1 is 1.17 bits per heavy atom. The third-order valence-corrected chi connectivity index (χ3v) is 5.39. The first kappa shape index (κ1) is 12.1. The molecule has 0 rings (SSSR count). The molecule has 0 aromatic rings. The highest BCUT2D eigenvalue weighted by Crippen LogP contribution is 2.09. The number of hydrogen-bond donors (Lipinski definition) is 1. The lowest BCUT2D eigenvalue weighted by Gasteiger charge is -2.14.